The lowest BCUT2D eigenvalue weighted by atomic mass is 10.1. The summed E-state index contributed by atoms with van der Waals surface area (Å²) in [4.78, 5) is 12.4. The van der Waals surface area contributed by atoms with E-state index in [4.69, 9.17) is 0 Å². The van der Waals surface area contributed by atoms with Gasteiger partial charge in [-0.05, 0) is 42.8 Å². The molecule has 0 heterocycles. The number of anilines is 1. The van der Waals surface area contributed by atoms with Crippen LogP contribution in [0.2, 0.25) is 0 Å². The van der Waals surface area contributed by atoms with Crippen LogP contribution in [-0.4, -0.2) is 31.7 Å². The normalized spacial score (nSPS) is 12.2. The molecule has 0 radical (unpaired) electrons. The third kappa shape index (κ3) is 4.71. The molecule has 2 rings (SSSR count). The van der Waals surface area contributed by atoms with Gasteiger partial charge in [0.25, 0.3) is 5.91 Å². The van der Waals surface area contributed by atoms with Crippen LogP contribution in [0, 0.1) is 6.92 Å². The number of sulfonamides is 1. The quantitative estimate of drug-likeness (QED) is 0.767. The third-order valence-electron chi connectivity index (χ3n) is 4.22. The summed E-state index contributed by atoms with van der Waals surface area (Å²) in [7, 11) is -3.75. The highest BCUT2D eigenvalue weighted by atomic mass is 32.2. The minimum atomic E-state index is -4.56. The maximum atomic E-state index is 12.8. The van der Waals surface area contributed by atoms with Gasteiger partial charge in [0.2, 0.25) is 10.0 Å². The summed E-state index contributed by atoms with van der Waals surface area (Å²) in [6.45, 7) is 5.65. The van der Waals surface area contributed by atoms with E-state index in [1.165, 1.54) is 28.6 Å². The second kappa shape index (κ2) is 8.32. The van der Waals surface area contributed by atoms with E-state index >= 15 is 0 Å². The Bertz CT molecular complexity index is 969. The fourth-order valence-electron chi connectivity index (χ4n) is 2.70. The molecule has 152 valence electrons. The van der Waals surface area contributed by atoms with Gasteiger partial charge >= 0.3 is 6.18 Å². The van der Waals surface area contributed by atoms with Crippen molar-refractivity contribution in [3.8, 4) is 0 Å². The first-order valence-electron chi connectivity index (χ1n) is 8.60. The molecule has 0 aliphatic heterocycles. The second-order valence-electron chi connectivity index (χ2n) is 6.10. The van der Waals surface area contributed by atoms with Gasteiger partial charge in [-0.3, -0.25) is 4.79 Å². The van der Waals surface area contributed by atoms with Crippen molar-refractivity contribution in [2.75, 3.05) is 18.4 Å². The summed E-state index contributed by atoms with van der Waals surface area (Å²) < 4.78 is 65.3. The van der Waals surface area contributed by atoms with Crippen molar-refractivity contribution in [3.05, 3.63) is 59.2 Å². The van der Waals surface area contributed by atoms with Crippen LogP contribution in [0.5, 0.6) is 0 Å². The Hall–Kier alpha value is -2.39. The Labute approximate surface area is 162 Å². The first-order valence-corrected chi connectivity index (χ1v) is 10.0. The molecule has 0 atom stereocenters. The summed E-state index contributed by atoms with van der Waals surface area (Å²) in [6, 6.07) is 8.37. The van der Waals surface area contributed by atoms with Crippen molar-refractivity contribution in [2.24, 2.45) is 0 Å². The van der Waals surface area contributed by atoms with Gasteiger partial charge in [-0.15, -0.1) is 0 Å². The fourth-order valence-corrected chi connectivity index (χ4v) is 4.41. The molecular weight excluding hydrogens is 393 g/mol. The Balaban J connectivity index is 2.35. The largest absolute Gasteiger partial charge is 0.416 e. The monoisotopic (exact) mass is 414 g/mol. The summed E-state index contributed by atoms with van der Waals surface area (Å²) in [5.41, 5.74) is -0.430. The molecular formula is C19H21F3N2O3S. The van der Waals surface area contributed by atoms with E-state index in [-0.39, 0.29) is 16.1 Å². The molecule has 2 aromatic carbocycles. The van der Waals surface area contributed by atoms with Crippen molar-refractivity contribution in [1.82, 2.24) is 4.31 Å². The van der Waals surface area contributed by atoms with E-state index in [2.05, 4.69) is 5.32 Å². The molecule has 0 aliphatic rings. The molecule has 0 saturated heterocycles. The smallest absolute Gasteiger partial charge is 0.322 e. The maximum absolute atomic E-state index is 12.8. The lowest BCUT2D eigenvalue weighted by Crippen LogP contribution is -2.31. The average molecular weight is 414 g/mol. The first-order chi connectivity index (χ1) is 13.0. The zero-order chi connectivity index (χ0) is 21.1. The van der Waals surface area contributed by atoms with Crippen LogP contribution in [0.1, 0.15) is 35.3 Å². The number of aryl methyl sites for hydroxylation is 1. The lowest BCUT2D eigenvalue weighted by Gasteiger charge is -2.20. The standard InChI is InChI=1S/C19H21F3N2O3S/c1-4-24(5-2)28(26,27)17-12-16(10-9-13(17)3)23-18(25)14-7-6-8-15(11-14)19(20,21)22/h6-12H,4-5H2,1-3H3,(H,23,25). The highest BCUT2D eigenvalue weighted by Crippen LogP contribution is 2.30. The number of nitrogens with zero attached hydrogens (tertiary/aromatic N) is 1. The number of halogens is 3. The molecule has 2 aromatic rings. The van der Waals surface area contributed by atoms with E-state index < -0.39 is 27.7 Å². The van der Waals surface area contributed by atoms with Crippen LogP contribution in [0.4, 0.5) is 18.9 Å². The minimum absolute atomic E-state index is 0.0399. The molecule has 0 aromatic heterocycles. The molecule has 28 heavy (non-hydrogen) atoms. The van der Waals surface area contributed by atoms with Crippen molar-refractivity contribution >= 4 is 21.6 Å². The zero-order valence-corrected chi connectivity index (χ0v) is 16.5. The van der Waals surface area contributed by atoms with E-state index in [1.807, 2.05) is 0 Å². The zero-order valence-electron chi connectivity index (χ0n) is 15.7. The van der Waals surface area contributed by atoms with Gasteiger partial charge in [0.1, 0.15) is 0 Å². The summed E-state index contributed by atoms with van der Waals surface area (Å²) in [5.74, 6) is -0.763. The molecule has 1 amide bonds. The number of hydrogen-bond donors (Lipinski definition) is 1. The number of rotatable bonds is 6. The molecule has 1 N–H and O–H groups in total. The number of carbonyl (C=O) groups is 1. The molecule has 0 unspecified atom stereocenters. The fraction of sp³-hybridized carbons (Fsp3) is 0.316. The Morgan fingerprint density at radius 3 is 2.29 bits per heavy atom. The molecule has 0 aliphatic carbocycles. The Kier molecular flexibility index (Phi) is 6.51. The summed E-state index contributed by atoms with van der Waals surface area (Å²) in [5, 5.41) is 2.46. The van der Waals surface area contributed by atoms with Gasteiger partial charge < -0.3 is 5.32 Å². The van der Waals surface area contributed by atoms with Crippen LogP contribution in [0.3, 0.4) is 0 Å². The molecule has 0 saturated carbocycles. The van der Waals surface area contributed by atoms with Gasteiger partial charge in [0.05, 0.1) is 10.5 Å². The van der Waals surface area contributed by atoms with Crippen LogP contribution in [-0.2, 0) is 16.2 Å². The number of nitrogens with one attached hydrogen (secondary N) is 1. The van der Waals surface area contributed by atoms with E-state index in [1.54, 1.807) is 20.8 Å². The van der Waals surface area contributed by atoms with Crippen molar-refractivity contribution in [2.45, 2.75) is 31.8 Å². The van der Waals surface area contributed by atoms with Gasteiger partial charge in [-0.25, -0.2) is 8.42 Å². The Morgan fingerprint density at radius 1 is 1.07 bits per heavy atom. The Morgan fingerprint density at radius 2 is 1.71 bits per heavy atom. The van der Waals surface area contributed by atoms with Gasteiger partial charge in [0, 0.05) is 24.3 Å². The van der Waals surface area contributed by atoms with Crippen molar-refractivity contribution in [1.29, 1.82) is 0 Å². The topological polar surface area (TPSA) is 66.5 Å². The molecule has 0 bridgehead atoms. The van der Waals surface area contributed by atoms with Crippen LogP contribution in [0.15, 0.2) is 47.4 Å². The highest BCUT2D eigenvalue weighted by molar-refractivity contribution is 7.89. The first kappa shape index (κ1) is 21.9. The molecule has 0 spiro atoms. The van der Waals surface area contributed by atoms with Gasteiger partial charge in [-0.1, -0.05) is 26.0 Å². The number of benzene rings is 2. The number of amides is 1. The lowest BCUT2D eigenvalue weighted by molar-refractivity contribution is -0.137. The van der Waals surface area contributed by atoms with Gasteiger partial charge in [0.15, 0.2) is 0 Å². The van der Waals surface area contributed by atoms with E-state index in [9.17, 15) is 26.4 Å². The van der Waals surface area contributed by atoms with Gasteiger partial charge in [-0.2, -0.15) is 17.5 Å². The van der Waals surface area contributed by atoms with Crippen molar-refractivity contribution in [3.63, 3.8) is 0 Å². The van der Waals surface area contributed by atoms with E-state index in [0.717, 1.165) is 18.2 Å². The summed E-state index contributed by atoms with van der Waals surface area (Å²) in [6.07, 6.45) is -4.56. The summed E-state index contributed by atoms with van der Waals surface area (Å²) >= 11 is 0. The average Bonchev–Trinajstić information content (AvgIpc) is 2.63. The van der Waals surface area contributed by atoms with Crippen LogP contribution < -0.4 is 5.32 Å². The predicted octanol–water partition coefficient (Wildman–Crippen LogP) is 4.30. The number of hydrogen-bond acceptors (Lipinski definition) is 3. The predicted molar refractivity (Wildman–Crippen MR) is 101 cm³/mol. The number of carbonyl (C=O) groups excluding carboxylic acids is 1. The third-order valence-corrected chi connectivity index (χ3v) is 6.41. The molecule has 5 nitrogen and oxygen atoms in total. The number of alkyl halides is 3. The molecule has 9 heteroatoms. The maximum Gasteiger partial charge on any atom is 0.416 e. The van der Waals surface area contributed by atoms with Crippen molar-refractivity contribution < 1.29 is 26.4 Å². The highest BCUT2D eigenvalue weighted by Gasteiger charge is 2.31. The van der Waals surface area contributed by atoms with E-state index in [0.29, 0.717) is 18.7 Å². The second-order valence-corrected chi connectivity index (χ2v) is 8.01. The minimum Gasteiger partial charge on any atom is -0.322 e. The SMILES string of the molecule is CCN(CC)S(=O)(=O)c1cc(NC(=O)c2cccc(C(F)(F)F)c2)ccc1C. The molecule has 0 fully saturated rings. The van der Waals surface area contributed by atoms with Crippen LogP contribution in [0.25, 0.3) is 0 Å². The van der Waals surface area contributed by atoms with Crippen LogP contribution >= 0.6 is 0 Å².